The molecule has 13 aromatic carbocycles. The molecular weight excluding hydrogens is 897 g/mol. The van der Waals surface area contributed by atoms with Crippen molar-refractivity contribution in [2.24, 2.45) is 0 Å². The summed E-state index contributed by atoms with van der Waals surface area (Å²) in [6, 6.07) is 85.0. The average molecular weight is 941 g/mol. The summed E-state index contributed by atoms with van der Waals surface area (Å²) < 4.78 is 0. The van der Waals surface area contributed by atoms with Gasteiger partial charge in [-0.25, -0.2) is 0 Å². The van der Waals surface area contributed by atoms with Gasteiger partial charge in [-0.1, -0.05) is 182 Å². The molecule has 0 saturated carbocycles. The highest BCUT2D eigenvalue weighted by molar-refractivity contribution is 6.27. The molecule has 13 aromatic rings. The van der Waals surface area contributed by atoms with Gasteiger partial charge in [0, 0.05) is 33.5 Å². The second-order valence-corrected chi connectivity index (χ2v) is 19.3. The van der Waals surface area contributed by atoms with Crippen molar-refractivity contribution in [1.29, 1.82) is 10.5 Å². The lowest BCUT2D eigenvalue weighted by Crippen LogP contribution is -2.13. The molecule has 1 aliphatic rings. The van der Waals surface area contributed by atoms with E-state index >= 15 is 0 Å². The van der Waals surface area contributed by atoms with Crippen LogP contribution in [0.2, 0.25) is 0 Å². The summed E-state index contributed by atoms with van der Waals surface area (Å²) in [5.74, 6) is 0. The second kappa shape index (κ2) is 17.4. The van der Waals surface area contributed by atoms with Gasteiger partial charge in [-0.2, -0.15) is 10.5 Å². The minimum Gasteiger partial charge on any atom is -0.309 e. The van der Waals surface area contributed by atoms with E-state index in [0.29, 0.717) is 11.1 Å². The molecule has 0 spiro atoms. The molecule has 74 heavy (non-hydrogen) atoms. The van der Waals surface area contributed by atoms with Crippen LogP contribution in [0.5, 0.6) is 0 Å². The topological polar surface area (TPSA) is 54.1 Å². The molecule has 0 unspecified atom stereocenters. The number of nitriles is 2. The summed E-state index contributed by atoms with van der Waals surface area (Å²) in [5, 5.41) is 37.8. The van der Waals surface area contributed by atoms with E-state index in [1.54, 1.807) is 0 Å². The van der Waals surface area contributed by atoms with Crippen LogP contribution in [0, 0.1) is 22.7 Å². The first-order chi connectivity index (χ1) is 36.6. The lowest BCUT2D eigenvalue weighted by molar-refractivity contribution is 1.04. The standard InChI is InChI=1S/C70H44N4/c71-43-65-61-37-30-54-40-68(74(56-33-25-48(26-34-56)46-13-5-2-6-14-46)58-36-28-52-22-20-50-16-8-10-18-60(50)64(52)42-58)66(44-72)62-38-29-53(69(61)70(54)62)39-67(65)73(55-31-23-47(24-32-55)45-11-3-1-4-12-45)57-35-27-51-21-19-49-15-7-9-17-59(49)63(51)41-57/h1,3-5,7-42H,2,6H2. The average Bonchev–Trinajstić information content (AvgIpc) is 3.47. The Kier molecular flexibility index (Phi) is 10.1. The molecular formula is C70H44N4. The van der Waals surface area contributed by atoms with Crippen molar-refractivity contribution in [3.8, 4) is 23.3 Å². The first kappa shape index (κ1) is 42.8. The van der Waals surface area contributed by atoms with Crippen LogP contribution in [0.4, 0.5) is 34.1 Å². The van der Waals surface area contributed by atoms with Gasteiger partial charge < -0.3 is 9.80 Å². The summed E-state index contributed by atoms with van der Waals surface area (Å²) in [7, 11) is 0. The van der Waals surface area contributed by atoms with E-state index in [2.05, 4.69) is 259 Å². The first-order valence-electron chi connectivity index (χ1n) is 25.2. The molecule has 4 nitrogen and oxygen atoms in total. The van der Waals surface area contributed by atoms with E-state index in [4.69, 9.17) is 0 Å². The quantitative estimate of drug-likeness (QED) is 0.142. The number of allylic oxidation sites excluding steroid dienone is 4. The molecule has 0 amide bonds. The molecule has 0 fully saturated rings. The zero-order chi connectivity index (χ0) is 49.3. The molecule has 0 aliphatic heterocycles. The van der Waals surface area contributed by atoms with E-state index in [9.17, 15) is 10.5 Å². The Balaban J connectivity index is 0.974. The van der Waals surface area contributed by atoms with Crippen LogP contribution in [0.3, 0.4) is 0 Å². The molecule has 0 radical (unpaired) electrons. The van der Waals surface area contributed by atoms with E-state index in [0.717, 1.165) is 118 Å². The van der Waals surface area contributed by atoms with Crippen molar-refractivity contribution in [2.45, 2.75) is 12.8 Å². The Morgan fingerprint density at radius 3 is 1.23 bits per heavy atom. The lowest BCUT2D eigenvalue weighted by atomic mass is 9.88. The van der Waals surface area contributed by atoms with Crippen molar-refractivity contribution < 1.29 is 0 Å². The molecule has 0 bridgehead atoms. The van der Waals surface area contributed by atoms with E-state index < -0.39 is 0 Å². The van der Waals surface area contributed by atoms with Gasteiger partial charge in [0.25, 0.3) is 0 Å². The van der Waals surface area contributed by atoms with E-state index in [1.807, 2.05) is 6.07 Å². The van der Waals surface area contributed by atoms with Crippen LogP contribution in [-0.2, 0) is 0 Å². The maximum absolute atomic E-state index is 11.5. The Hall–Kier alpha value is -10.0. The predicted molar refractivity (Wildman–Crippen MR) is 311 cm³/mol. The number of hydrogen-bond acceptors (Lipinski definition) is 4. The van der Waals surface area contributed by atoms with Crippen molar-refractivity contribution in [3.63, 3.8) is 0 Å². The third kappa shape index (κ3) is 6.96. The first-order valence-corrected chi connectivity index (χ1v) is 25.2. The summed E-state index contributed by atoms with van der Waals surface area (Å²) in [6.07, 6.45) is 8.85. The number of anilines is 6. The largest absolute Gasteiger partial charge is 0.309 e. The number of benzene rings is 13. The Labute approximate surface area is 428 Å². The maximum atomic E-state index is 11.5. The van der Waals surface area contributed by atoms with Crippen LogP contribution in [0.25, 0.3) is 92.1 Å². The Morgan fingerprint density at radius 2 is 0.743 bits per heavy atom. The summed E-state index contributed by atoms with van der Waals surface area (Å²) >= 11 is 0. The molecule has 0 N–H and O–H groups in total. The third-order valence-corrected chi connectivity index (χ3v) is 15.2. The Morgan fingerprint density at radius 1 is 0.324 bits per heavy atom. The molecule has 0 atom stereocenters. The number of fused-ring (bicyclic) bond motifs is 6. The fourth-order valence-electron chi connectivity index (χ4n) is 11.7. The van der Waals surface area contributed by atoms with Gasteiger partial charge in [0.2, 0.25) is 0 Å². The van der Waals surface area contributed by atoms with Crippen molar-refractivity contribution in [2.75, 3.05) is 9.80 Å². The summed E-state index contributed by atoms with van der Waals surface area (Å²) in [5.41, 5.74) is 11.1. The Bertz CT molecular complexity index is 4550. The molecule has 14 rings (SSSR count). The summed E-state index contributed by atoms with van der Waals surface area (Å²) in [6.45, 7) is 0. The molecule has 0 saturated heterocycles. The van der Waals surface area contributed by atoms with Gasteiger partial charge >= 0.3 is 0 Å². The third-order valence-electron chi connectivity index (χ3n) is 15.2. The molecule has 0 aromatic heterocycles. The molecule has 344 valence electrons. The molecule has 1 aliphatic carbocycles. The number of hydrogen-bond donors (Lipinski definition) is 0. The summed E-state index contributed by atoms with van der Waals surface area (Å²) in [4.78, 5) is 4.48. The highest BCUT2D eigenvalue weighted by Gasteiger charge is 2.26. The van der Waals surface area contributed by atoms with Crippen LogP contribution in [-0.4, -0.2) is 0 Å². The monoisotopic (exact) mass is 940 g/mol. The highest BCUT2D eigenvalue weighted by Crippen LogP contribution is 2.49. The normalized spacial score (nSPS) is 12.5. The number of nitrogens with zero attached hydrogens (tertiary/aromatic N) is 4. The second-order valence-electron chi connectivity index (χ2n) is 19.3. The SMILES string of the molecule is N#Cc1c(N(c2ccc(C3=CCCC=C3)cc2)c2ccc3ccc4ccccc4c3c2)cc2ccc3c(C#N)c(N(c4ccc(-c5ccccc5)cc4)c4ccc5ccc6ccccc6c5c4)cc4ccc1c2c43. The van der Waals surface area contributed by atoms with Gasteiger partial charge in [0.05, 0.1) is 22.5 Å². The number of rotatable bonds is 8. The smallest absolute Gasteiger partial charge is 0.102 e. The van der Waals surface area contributed by atoms with Crippen molar-refractivity contribution >= 4 is 115 Å². The minimum atomic E-state index is 0.563. The van der Waals surface area contributed by atoms with Crippen LogP contribution in [0.1, 0.15) is 29.5 Å². The maximum Gasteiger partial charge on any atom is 0.102 e. The van der Waals surface area contributed by atoms with Gasteiger partial charge in [0.15, 0.2) is 0 Å². The highest BCUT2D eigenvalue weighted by atomic mass is 15.2. The van der Waals surface area contributed by atoms with Gasteiger partial charge in [-0.05, 0) is 160 Å². The van der Waals surface area contributed by atoms with Crippen molar-refractivity contribution in [1.82, 2.24) is 0 Å². The zero-order valence-corrected chi connectivity index (χ0v) is 40.3. The lowest BCUT2D eigenvalue weighted by Gasteiger charge is -2.29. The predicted octanol–water partition coefficient (Wildman–Crippen LogP) is 19.3. The van der Waals surface area contributed by atoms with Gasteiger partial charge in [-0.15, -0.1) is 0 Å². The fourth-order valence-corrected chi connectivity index (χ4v) is 11.7. The fraction of sp³-hybridized carbons (Fsp3) is 0.0286. The minimum absolute atomic E-state index is 0.563. The zero-order valence-electron chi connectivity index (χ0n) is 40.3. The van der Waals surface area contributed by atoms with E-state index in [1.165, 1.54) is 27.1 Å². The molecule has 4 heteroatoms. The van der Waals surface area contributed by atoms with E-state index in [-0.39, 0.29) is 0 Å². The molecule has 0 heterocycles. The van der Waals surface area contributed by atoms with Gasteiger partial charge in [-0.3, -0.25) is 0 Å². The van der Waals surface area contributed by atoms with Crippen LogP contribution >= 0.6 is 0 Å². The van der Waals surface area contributed by atoms with Crippen LogP contribution in [0.15, 0.2) is 243 Å². The van der Waals surface area contributed by atoms with Gasteiger partial charge in [0.1, 0.15) is 12.1 Å². The van der Waals surface area contributed by atoms with Crippen LogP contribution < -0.4 is 9.80 Å². The van der Waals surface area contributed by atoms with Crippen molar-refractivity contribution in [3.05, 3.63) is 259 Å².